The van der Waals surface area contributed by atoms with Gasteiger partial charge in [-0.25, -0.2) is 12.2 Å². The van der Waals surface area contributed by atoms with Gasteiger partial charge in [0.1, 0.15) is 0 Å². The van der Waals surface area contributed by atoms with Crippen LogP contribution in [0.2, 0.25) is 25.2 Å². The van der Waals surface area contributed by atoms with Crippen LogP contribution in [0.1, 0.15) is 0 Å². The van der Waals surface area contributed by atoms with Crippen LogP contribution in [0.3, 0.4) is 0 Å². The maximum absolute atomic E-state index is 3.11. The van der Waals surface area contributed by atoms with Crippen molar-refractivity contribution in [3.05, 3.63) is 24.3 Å². The Bertz CT molecular complexity index is 141. The SMILES string of the molecule is C[Si](C)(C)C1C=[C-]C=C1.[Li+]. The molecule has 0 aromatic rings. The van der Waals surface area contributed by atoms with Crippen LogP contribution in [0, 0.1) is 6.08 Å². The number of allylic oxidation sites excluding steroid dienone is 4. The first-order valence-electron chi connectivity index (χ1n) is 3.37. The predicted octanol–water partition coefficient (Wildman–Crippen LogP) is -0.372. The zero-order valence-corrected chi connectivity index (χ0v) is 8.31. The minimum Gasteiger partial charge on any atom is -0.256 e. The van der Waals surface area contributed by atoms with E-state index < -0.39 is 8.07 Å². The maximum atomic E-state index is 3.11. The fourth-order valence-corrected chi connectivity index (χ4v) is 2.18. The molecule has 0 nitrogen and oxygen atoms in total. The number of hydrogen-bond donors (Lipinski definition) is 0. The van der Waals surface area contributed by atoms with Crippen molar-refractivity contribution >= 4 is 8.07 Å². The Kier molecular flexibility index (Phi) is 3.72. The van der Waals surface area contributed by atoms with Gasteiger partial charge in [0.15, 0.2) is 0 Å². The molecule has 1 aliphatic rings. The summed E-state index contributed by atoms with van der Waals surface area (Å²) in [6.07, 6.45) is 9.58. The number of hydrogen-bond acceptors (Lipinski definition) is 0. The van der Waals surface area contributed by atoms with Crippen molar-refractivity contribution in [2.45, 2.75) is 25.2 Å². The Morgan fingerprint density at radius 3 is 2.10 bits per heavy atom. The van der Waals surface area contributed by atoms with Gasteiger partial charge in [-0.1, -0.05) is 25.2 Å². The Morgan fingerprint density at radius 1 is 1.30 bits per heavy atom. The Balaban J connectivity index is 0.000000810. The van der Waals surface area contributed by atoms with Gasteiger partial charge in [0.2, 0.25) is 0 Å². The second kappa shape index (κ2) is 3.62. The van der Waals surface area contributed by atoms with Gasteiger partial charge < -0.3 is 0 Å². The Morgan fingerprint density at radius 2 is 1.90 bits per heavy atom. The van der Waals surface area contributed by atoms with E-state index in [1.165, 1.54) is 0 Å². The van der Waals surface area contributed by atoms with Crippen LogP contribution >= 0.6 is 0 Å². The van der Waals surface area contributed by atoms with Crippen LogP contribution in [-0.4, -0.2) is 8.07 Å². The largest absolute Gasteiger partial charge is 1.00 e. The molecule has 0 aromatic carbocycles. The Labute approximate surface area is 76.6 Å². The van der Waals surface area contributed by atoms with Gasteiger partial charge in [-0.05, 0) is 0 Å². The van der Waals surface area contributed by atoms with E-state index in [-0.39, 0.29) is 18.9 Å². The van der Waals surface area contributed by atoms with Gasteiger partial charge in [-0.2, -0.15) is 6.08 Å². The average Bonchev–Trinajstić information content (AvgIpc) is 2.08. The number of rotatable bonds is 1. The van der Waals surface area contributed by atoms with Crippen molar-refractivity contribution in [1.82, 2.24) is 0 Å². The minimum atomic E-state index is -0.929. The summed E-state index contributed by atoms with van der Waals surface area (Å²) in [5.74, 6) is 0. The molecule has 50 valence electrons. The van der Waals surface area contributed by atoms with Crippen molar-refractivity contribution in [2.24, 2.45) is 0 Å². The monoisotopic (exact) mass is 144 g/mol. The summed E-state index contributed by atoms with van der Waals surface area (Å²) in [5.41, 5.74) is 0.734. The van der Waals surface area contributed by atoms with Gasteiger partial charge >= 0.3 is 18.9 Å². The van der Waals surface area contributed by atoms with E-state index in [0.29, 0.717) is 0 Å². The predicted molar refractivity (Wildman–Crippen MR) is 44.0 cm³/mol. The first-order valence-corrected chi connectivity index (χ1v) is 6.94. The molecular formula is C8H13LiSi. The van der Waals surface area contributed by atoms with Crippen LogP contribution in [-0.2, 0) is 0 Å². The quantitative estimate of drug-likeness (QED) is 0.348. The van der Waals surface area contributed by atoms with E-state index in [1.807, 2.05) is 6.08 Å². The molecule has 0 heterocycles. The van der Waals surface area contributed by atoms with Gasteiger partial charge in [-0.15, -0.1) is 0 Å². The molecule has 0 fully saturated rings. The standard InChI is InChI=1S/C8H13Si.Li/c1-9(2,3)8-6-4-5-7-8;/h4,6-8H,1-3H3;/q-1;+1. The van der Waals surface area contributed by atoms with E-state index in [9.17, 15) is 0 Å². The van der Waals surface area contributed by atoms with Crippen LogP contribution in [0.5, 0.6) is 0 Å². The molecule has 1 unspecified atom stereocenters. The molecule has 10 heavy (non-hydrogen) atoms. The van der Waals surface area contributed by atoms with E-state index in [1.54, 1.807) is 0 Å². The first kappa shape index (κ1) is 10.3. The molecule has 0 N–H and O–H groups in total. The van der Waals surface area contributed by atoms with Crippen molar-refractivity contribution < 1.29 is 18.9 Å². The van der Waals surface area contributed by atoms with Gasteiger partial charge in [0, 0.05) is 8.07 Å². The topological polar surface area (TPSA) is 0 Å². The molecule has 0 radical (unpaired) electrons. The third-order valence-corrected chi connectivity index (χ3v) is 4.03. The summed E-state index contributed by atoms with van der Waals surface area (Å²) in [5, 5.41) is 0. The van der Waals surface area contributed by atoms with Gasteiger partial charge in [0.05, 0.1) is 0 Å². The summed E-state index contributed by atoms with van der Waals surface area (Å²) in [7, 11) is -0.929. The van der Waals surface area contributed by atoms with Crippen LogP contribution in [0.4, 0.5) is 0 Å². The van der Waals surface area contributed by atoms with Gasteiger partial charge in [-0.3, -0.25) is 6.08 Å². The molecule has 1 rings (SSSR count). The minimum absolute atomic E-state index is 0. The smallest absolute Gasteiger partial charge is 0.256 e. The second-order valence-corrected chi connectivity index (χ2v) is 8.98. The molecule has 1 atom stereocenters. The summed E-state index contributed by atoms with van der Waals surface area (Å²) in [6, 6.07) is 0. The van der Waals surface area contributed by atoms with E-state index in [4.69, 9.17) is 0 Å². The van der Waals surface area contributed by atoms with Crippen molar-refractivity contribution in [2.75, 3.05) is 0 Å². The van der Waals surface area contributed by atoms with Crippen molar-refractivity contribution in [3.63, 3.8) is 0 Å². The summed E-state index contributed by atoms with van der Waals surface area (Å²) >= 11 is 0. The molecule has 0 bridgehead atoms. The fraction of sp³-hybridized carbons (Fsp3) is 0.500. The van der Waals surface area contributed by atoms with E-state index in [0.717, 1.165) is 5.54 Å². The molecule has 2 heteroatoms. The molecule has 0 aliphatic heterocycles. The second-order valence-electron chi connectivity index (χ2n) is 3.58. The van der Waals surface area contributed by atoms with Crippen LogP contribution < -0.4 is 18.9 Å². The van der Waals surface area contributed by atoms with Crippen molar-refractivity contribution in [1.29, 1.82) is 0 Å². The maximum Gasteiger partial charge on any atom is 1.00 e. The Hall–Kier alpha value is 0.294. The normalized spacial score (nSPS) is 22.9. The molecule has 0 saturated carbocycles. The third-order valence-electron chi connectivity index (χ3n) is 1.68. The van der Waals surface area contributed by atoms with E-state index >= 15 is 0 Å². The average molecular weight is 144 g/mol. The molecule has 0 spiro atoms. The fourth-order valence-electron chi connectivity index (χ4n) is 0.913. The van der Waals surface area contributed by atoms with Gasteiger partial charge in [0.25, 0.3) is 0 Å². The summed E-state index contributed by atoms with van der Waals surface area (Å²) < 4.78 is 0. The molecule has 0 amide bonds. The zero-order chi connectivity index (χ0) is 6.91. The molecule has 1 aliphatic carbocycles. The summed E-state index contributed by atoms with van der Waals surface area (Å²) in [4.78, 5) is 0. The van der Waals surface area contributed by atoms with E-state index in [2.05, 4.69) is 37.9 Å². The molecular weight excluding hydrogens is 131 g/mol. The third kappa shape index (κ3) is 2.50. The van der Waals surface area contributed by atoms with Crippen LogP contribution in [0.15, 0.2) is 18.2 Å². The summed E-state index contributed by atoms with van der Waals surface area (Å²) in [6.45, 7) is 7.14. The molecule has 0 aromatic heterocycles. The molecule has 0 saturated heterocycles. The van der Waals surface area contributed by atoms with Crippen LogP contribution in [0.25, 0.3) is 0 Å². The first-order chi connectivity index (χ1) is 4.11. The zero-order valence-electron chi connectivity index (χ0n) is 7.31. The van der Waals surface area contributed by atoms with Crippen molar-refractivity contribution in [3.8, 4) is 0 Å².